The van der Waals surface area contributed by atoms with Gasteiger partial charge in [-0.1, -0.05) is 29.8 Å². The van der Waals surface area contributed by atoms with E-state index in [-0.39, 0.29) is 0 Å². The van der Waals surface area contributed by atoms with Crippen LogP contribution in [0.5, 0.6) is 11.5 Å². The van der Waals surface area contributed by atoms with Gasteiger partial charge in [0.05, 0.1) is 18.2 Å². The van der Waals surface area contributed by atoms with Gasteiger partial charge in [-0.25, -0.2) is 4.79 Å². The zero-order valence-corrected chi connectivity index (χ0v) is 16.3. The highest BCUT2D eigenvalue weighted by molar-refractivity contribution is 9.10. The summed E-state index contributed by atoms with van der Waals surface area (Å²) in [6.07, 6.45) is 3.00. The lowest BCUT2D eigenvalue weighted by Gasteiger charge is -2.15. The molecule has 0 aliphatic heterocycles. The van der Waals surface area contributed by atoms with E-state index in [4.69, 9.17) is 21.1 Å². The summed E-state index contributed by atoms with van der Waals surface area (Å²) in [6, 6.07) is 11.1. The second-order valence-electron chi connectivity index (χ2n) is 5.00. The summed E-state index contributed by atoms with van der Waals surface area (Å²) in [5.74, 6) is 0.735. The lowest BCUT2D eigenvalue weighted by molar-refractivity contribution is -0.134. The molecule has 132 valence electrons. The fourth-order valence-electron chi connectivity index (χ4n) is 2.08. The number of hydrogen-bond donors (Lipinski definition) is 0. The van der Waals surface area contributed by atoms with E-state index in [9.17, 15) is 4.79 Å². The van der Waals surface area contributed by atoms with Crippen LogP contribution in [0.25, 0.3) is 6.08 Å². The van der Waals surface area contributed by atoms with E-state index in [1.54, 1.807) is 12.1 Å². The van der Waals surface area contributed by atoms with Gasteiger partial charge in [-0.05, 0) is 52.7 Å². The maximum absolute atomic E-state index is 11.2. The maximum atomic E-state index is 11.2. The number of rotatable bonds is 7. The summed E-state index contributed by atoms with van der Waals surface area (Å²) in [5.41, 5.74) is 1.67. The molecule has 0 aliphatic carbocycles. The van der Waals surface area contributed by atoms with Crippen molar-refractivity contribution in [2.75, 3.05) is 13.7 Å². The molecule has 0 fully saturated rings. The van der Waals surface area contributed by atoms with E-state index in [2.05, 4.69) is 20.7 Å². The number of carbonyl (C=O) groups excluding carboxylic acids is 1. The molecule has 2 aromatic rings. The average Bonchev–Trinajstić information content (AvgIpc) is 2.60. The normalized spacial score (nSPS) is 10.7. The Bertz CT molecular complexity index is 774. The van der Waals surface area contributed by atoms with Crippen molar-refractivity contribution in [3.8, 4) is 11.5 Å². The number of methoxy groups -OCH3 is 1. The van der Waals surface area contributed by atoms with Gasteiger partial charge in [-0.2, -0.15) is 0 Å². The number of hydrogen-bond acceptors (Lipinski definition) is 4. The van der Waals surface area contributed by atoms with Gasteiger partial charge >= 0.3 is 5.97 Å². The van der Waals surface area contributed by atoms with E-state index >= 15 is 0 Å². The van der Waals surface area contributed by atoms with Gasteiger partial charge in [0.2, 0.25) is 0 Å². The van der Waals surface area contributed by atoms with Crippen molar-refractivity contribution in [1.29, 1.82) is 0 Å². The van der Waals surface area contributed by atoms with Gasteiger partial charge < -0.3 is 14.2 Å². The predicted octanol–water partition coefficient (Wildman–Crippen LogP) is 5.27. The molecule has 0 amide bonds. The first-order chi connectivity index (χ1) is 12.0. The first kappa shape index (κ1) is 19.3. The maximum Gasteiger partial charge on any atom is 0.330 e. The van der Waals surface area contributed by atoms with Crippen LogP contribution in [0.2, 0.25) is 5.02 Å². The highest BCUT2D eigenvalue weighted by atomic mass is 79.9. The molecule has 0 bridgehead atoms. The molecule has 0 saturated heterocycles. The zero-order chi connectivity index (χ0) is 18.2. The summed E-state index contributed by atoms with van der Waals surface area (Å²) >= 11 is 9.66. The zero-order valence-electron chi connectivity index (χ0n) is 13.9. The van der Waals surface area contributed by atoms with Crippen molar-refractivity contribution in [3.63, 3.8) is 0 Å². The molecule has 0 atom stereocenters. The lowest BCUT2D eigenvalue weighted by Crippen LogP contribution is -2.01. The number of esters is 1. The first-order valence-corrected chi connectivity index (χ1v) is 8.80. The van der Waals surface area contributed by atoms with Crippen molar-refractivity contribution in [2.45, 2.75) is 13.5 Å². The monoisotopic (exact) mass is 424 g/mol. The number of ether oxygens (including phenoxy) is 3. The Morgan fingerprint density at radius 1 is 1.24 bits per heavy atom. The predicted molar refractivity (Wildman–Crippen MR) is 102 cm³/mol. The Kier molecular flexibility index (Phi) is 7.34. The minimum atomic E-state index is -0.423. The van der Waals surface area contributed by atoms with Crippen LogP contribution in [-0.4, -0.2) is 19.7 Å². The van der Waals surface area contributed by atoms with Crippen molar-refractivity contribution in [2.24, 2.45) is 0 Å². The smallest absolute Gasteiger partial charge is 0.330 e. The topological polar surface area (TPSA) is 44.8 Å². The van der Waals surface area contributed by atoms with E-state index in [0.717, 1.165) is 15.6 Å². The SMILES string of the molecule is CCOc1cc(/C=C/C(=O)OC)cc(Br)c1OCc1ccccc1Cl. The molecule has 0 aromatic heterocycles. The fourth-order valence-corrected chi connectivity index (χ4v) is 2.85. The van der Waals surface area contributed by atoms with Gasteiger partial charge in [-0.3, -0.25) is 0 Å². The summed E-state index contributed by atoms with van der Waals surface area (Å²) in [5, 5.41) is 0.647. The van der Waals surface area contributed by atoms with E-state index in [1.165, 1.54) is 13.2 Å². The molecule has 25 heavy (non-hydrogen) atoms. The third-order valence-electron chi connectivity index (χ3n) is 3.27. The van der Waals surface area contributed by atoms with Crippen molar-refractivity contribution in [1.82, 2.24) is 0 Å². The molecule has 0 radical (unpaired) electrons. The standard InChI is InChI=1S/C19H18BrClO4/c1-3-24-17-11-13(8-9-18(22)23-2)10-15(20)19(17)25-12-14-6-4-5-7-16(14)21/h4-11H,3,12H2,1-2H3/b9-8+. The van der Waals surface area contributed by atoms with Crippen LogP contribution in [0.3, 0.4) is 0 Å². The van der Waals surface area contributed by atoms with Crippen LogP contribution < -0.4 is 9.47 Å². The van der Waals surface area contributed by atoms with Crippen molar-refractivity contribution < 1.29 is 19.0 Å². The second-order valence-corrected chi connectivity index (χ2v) is 6.26. The summed E-state index contributed by atoms with van der Waals surface area (Å²) < 4.78 is 16.9. The van der Waals surface area contributed by atoms with E-state index < -0.39 is 5.97 Å². The molecule has 2 rings (SSSR count). The number of carbonyl (C=O) groups is 1. The van der Waals surface area contributed by atoms with Crippen LogP contribution in [0.15, 0.2) is 46.9 Å². The van der Waals surface area contributed by atoms with Gasteiger partial charge in [0.25, 0.3) is 0 Å². The summed E-state index contributed by atoms with van der Waals surface area (Å²) in [7, 11) is 1.33. The molecule has 0 N–H and O–H groups in total. The van der Waals surface area contributed by atoms with E-state index in [0.29, 0.717) is 29.7 Å². The molecule has 0 unspecified atom stereocenters. The van der Waals surface area contributed by atoms with Gasteiger partial charge in [0, 0.05) is 16.7 Å². The molecule has 4 nitrogen and oxygen atoms in total. The molecule has 0 saturated carbocycles. The van der Waals surface area contributed by atoms with Crippen molar-refractivity contribution >= 4 is 39.6 Å². The van der Waals surface area contributed by atoms with Gasteiger partial charge in [0.15, 0.2) is 11.5 Å². The molecule has 6 heteroatoms. The van der Waals surface area contributed by atoms with E-state index in [1.807, 2.05) is 37.3 Å². The Hall–Kier alpha value is -1.98. The van der Waals surface area contributed by atoms with Crippen LogP contribution in [-0.2, 0) is 16.1 Å². The third-order valence-corrected chi connectivity index (χ3v) is 4.23. The lowest BCUT2D eigenvalue weighted by atomic mass is 10.2. The van der Waals surface area contributed by atoms with Gasteiger partial charge in [-0.15, -0.1) is 0 Å². The second kappa shape index (κ2) is 9.49. The molecule has 0 heterocycles. The minimum Gasteiger partial charge on any atom is -0.490 e. The largest absolute Gasteiger partial charge is 0.490 e. The van der Waals surface area contributed by atoms with Crippen LogP contribution >= 0.6 is 27.5 Å². The molecular formula is C19H18BrClO4. The van der Waals surface area contributed by atoms with Gasteiger partial charge in [0.1, 0.15) is 6.61 Å². The van der Waals surface area contributed by atoms with Crippen LogP contribution in [0, 0.1) is 0 Å². The van der Waals surface area contributed by atoms with Crippen molar-refractivity contribution in [3.05, 3.63) is 63.1 Å². The molecule has 2 aromatic carbocycles. The summed E-state index contributed by atoms with van der Waals surface area (Å²) in [6.45, 7) is 2.69. The number of halogens is 2. The fraction of sp³-hybridized carbons (Fsp3) is 0.211. The van der Waals surface area contributed by atoms with Crippen LogP contribution in [0.4, 0.5) is 0 Å². The molecule has 0 aliphatic rings. The molecule has 0 spiro atoms. The highest BCUT2D eigenvalue weighted by Gasteiger charge is 2.13. The Morgan fingerprint density at radius 2 is 2.00 bits per heavy atom. The Balaban J connectivity index is 2.26. The van der Waals surface area contributed by atoms with Crippen LogP contribution in [0.1, 0.15) is 18.1 Å². The third kappa shape index (κ3) is 5.51. The number of benzene rings is 2. The Morgan fingerprint density at radius 3 is 2.68 bits per heavy atom. The quantitative estimate of drug-likeness (QED) is 0.448. The highest BCUT2D eigenvalue weighted by Crippen LogP contribution is 2.38. The average molecular weight is 426 g/mol. The summed E-state index contributed by atoms with van der Waals surface area (Å²) in [4.78, 5) is 11.2. The minimum absolute atomic E-state index is 0.315. The first-order valence-electron chi connectivity index (χ1n) is 7.63. The molecular weight excluding hydrogens is 408 g/mol. The Labute approximate surface area is 160 Å².